The molecule has 1 aliphatic rings. The fourth-order valence-corrected chi connectivity index (χ4v) is 3.48. The number of hydrogen-bond acceptors (Lipinski definition) is 2. The summed E-state index contributed by atoms with van der Waals surface area (Å²) >= 11 is 6.30. The molecule has 1 fully saturated rings. The van der Waals surface area contributed by atoms with Gasteiger partial charge in [0.2, 0.25) is 0 Å². The number of hydrogen-bond donors (Lipinski definition) is 1. The summed E-state index contributed by atoms with van der Waals surface area (Å²) < 4.78 is 1.92. The Morgan fingerprint density at radius 1 is 1.42 bits per heavy atom. The number of nitrogens with zero attached hydrogens (tertiary/aromatic N) is 2. The second-order valence-electron chi connectivity index (χ2n) is 5.78. The Labute approximate surface area is 121 Å². The number of aliphatic hydroxyl groups excluding tert-OH is 1. The van der Waals surface area contributed by atoms with E-state index < -0.39 is 0 Å². The third kappa shape index (κ3) is 3.14. The Morgan fingerprint density at radius 2 is 2.16 bits per heavy atom. The van der Waals surface area contributed by atoms with E-state index in [1.54, 1.807) is 0 Å². The molecule has 1 N–H and O–H groups in total. The van der Waals surface area contributed by atoms with Crippen LogP contribution in [0, 0.1) is 18.8 Å². The van der Waals surface area contributed by atoms with Gasteiger partial charge in [0.1, 0.15) is 0 Å². The molecule has 2 rings (SSSR count). The van der Waals surface area contributed by atoms with E-state index in [1.807, 2.05) is 11.6 Å². The Bertz CT molecular complexity index is 430. The third-order valence-corrected chi connectivity index (χ3v) is 5.05. The maximum absolute atomic E-state index is 10.5. The van der Waals surface area contributed by atoms with E-state index in [0.717, 1.165) is 41.7 Å². The number of aromatic nitrogens is 2. The van der Waals surface area contributed by atoms with E-state index in [2.05, 4.69) is 18.9 Å². The topological polar surface area (TPSA) is 38.1 Å². The molecule has 0 aromatic carbocycles. The van der Waals surface area contributed by atoms with Crippen LogP contribution < -0.4 is 0 Å². The van der Waals surface area contributed by atoms with Crippen molar-refractivity contribution in [2.24, 2.45) is 11.8 Å². The summed E-state index contributed by atoms with van der Waals surface area (Å²) in [5.74, 6) is 1.23. The normalized spacial score (nSPS) is 24.9. The lowest BCUT2D eigenvalue weighted by molar-refractivity contribution is 0.106. The van der Waals surface area contributed by atoms with E-state index in [9.17, 15) is 5.11 Å². The quantitative estimate of drug-likeness (QED) is 0.897. The Kier molecular flexibility index (Phi) is 4.91. The van der Waals surface area contributed by atoms with Crippen LogP contribution in [0.5, 0.6) is 0 Å². The van der Waals surface area contributed by atoms with Gasteiger partial charge < -0.3 is 5.11 Å². The fraction of sp³-hybridized carbons (Fsp3) is 0.800. The highest BCUT2D eigenvalue weighted by molar-refractivity contribution is 6.31. The van der Waals surface area contributed by atoms with Crippen LogP contribution in [0.2, 0.25) is 5.02 Å². The van der Waals surface area contributed by atoms with Gasteiger partial charge in [-0.15, -0.1) is 0 Å². The molecule has 0 radical (unpaired) electrons. The molecule has 1 aromatic heterocycles. The van der Waals surface area contributed by atoms with Crippen LogP contribution in [0.25, 0.3) is 0 Å². The Hall–Kier alpha value is -0.540. The standard InChI is InChI=1S/C15H25ClN2O/c1-4-11-6-7-12(8-11)14(19)9-13-15(16)10(3)17-18(13)5-2/h11-12,14,19H,4-9H2,1-3H3. The first-order valence-electron chi connectivity index (χ1n) is 7.46. The largest absolute Gasteiger partial charge is 0.392 e. The molecule has 4 heteroatoms. The molecule has 3 unspecified atom stereocenters. The van der Waals surface area contributed by atoms with Crippen molar-refractivity contribution in [3.05, 3.63) is 16.4 Å². The van der Waals surface area contributed by atoms with Crippen LogP contribution in [0.15, 0.2) is 0 Å². The molecule has 0 saturated heterocycles. The zero-order valence-electron chi connectivity index (χ0n) is 12.2. The van der Waals surface area contributed by atoms with E-state index in [-0.39, 0.29) is 6.10 Å². The predicted octanol–water partition coefficient (Wildman–Crippen LogP) is 3.59. The van der Waals surface area contributed by atoms with E-state index >= 15 is 0 Å². The highest BCUT2D eigenvalue weighted by atomic mass is 35.5. The summed E-state index contributed by atoms with van der Waals surface area (Å²) in [6.07, 6.45) is 5.16. The first-order chi connectivity index (χ1) is 9.06. The van der Waals surface area contributed by atoms with Crippen molar-refractivity contribution in [3.8, 4) is 0 Å². The van der Waals surface area contributed by atoms with Crippen LogP contribution in [0.3, 0.4) is 0 Å². The molecule has 0 bridgehead atoms. The number of aliphatic hydroxyl groups is 1. The maximum Gasteiger partial charge on any atom is 0.0848 e. The van der Waals surface area contributed by atoms with Crippen molar-refractivity contribution >= 4 is 11.6 Å². The van der Waals surface area contributed by atoms with Crippen molar-refractivity contribution in [2.45, 2.75) is 65.5 Å². The van der Waals surface area contributed by atoms with Gasteiger partial charge in [0.15, 0.2) is 0 Å². The van der Waals surface area contributed by atoms with Gasteiger partial charge in [-0.05, 0) is 38.5 Å². The molecule has 0 spiro atoms. The minimum atomic E-state index is -0.282. The SMILES string of the molecule is CCC1CCC(C(O)Cc2c(Cl)c(C)nn2CC)C1. The van der Waals surface area contributed by atoms with Gasteiger partial charge in [0.25, 0.3) is 0 Å². The molecule has 1 saturated carbocycles. The lowest BCUT2D eigenvalue weighted by atomic mass is 9.95. The van der Waals surface area contributed by atoms with Crippen molar-refractivity contribution < 1.29 is 5.11 Å². The van der Waals surface area contributed by atoms with Gasteiger partial charge in [0, 0.05) is 13.0 Å². The van der Waals surface area contributed by atoms with Crippen molar-refractivity contribution in [3.63, 3.8) is 0 Å². The highest BCUT2D eigenvalue weighted by Gasteiger charge is 2.30. The maximum atomic E-state index is 10.5. The monoisotopic (exact) mass is 284 g/mol. The van der Waals surface area contributed by atoms with Crippen molar-refractivity contribution in [1.29, 1.82) is 0 Å². The number of rotatable bonds is 5. The van der Waals surface area contributed by atoms with Gasteiger partial charge >= 0.3 is 0 Å². The molecule has 0 aliphatic heterocycles. The second-order valence-corrected chi connectivity index (χ2v) is 6.16. The Balaban J connectivity index is 2.05. The van der Waals surface area contributed by atoms with Crippen LogP contribution in [0.4, 0.5) is 0 Å². The first kappa shape index (κ1) is 14.9. The average molecular weight is 285 g/mol. The van der Waals surface area contributed by atoms with E-state index in [4.69, 9.17) is 11.6 Å². The molecule has 0 amide bonds. The highest BCUT2D eigenvalue weighted by Crippen LogP contribution is 2.36. The summed E-state index contributed by atoms with van der Waals surface area (Å²) in [6.45, 7) is 7.03. The second kappa shape index (κ2) is 6.27. The van der Waals surface area contributed by atoms with Gasteiger partial charge in [0.05, 0.1) is 22.5 Å². The van der Waals surface area contributed by atoms with Crippen LogP contribution in [-0.2, 0) is 13.0 Å². The molecule has 3 atom stereocenters. The lowest BCUT2D eigenvalue weighted by Gasteiger charge is -2.19. The summed E-state index contributed by atoms with van der Waals surface area (Å²) in [5.41, 5.74) is 1.86. The molecule has 1 aromatic rings. The lowest BCUT2D eigenvalue weighted by Crippen LogP contribution is -2.22. The molecular formula is C15H25ClN2O. The molecular weight excluding hydrogens is 260 g/mol. The molecule has 108 valence electrons. The fourth-order valence-electron chi connectivity index (χ4n) is 3.26. The van der Waals surface area contributed by atoms with Crippen LogP contribution in [0.1, 0.15) is 50.9 Å². The average Bonchev–Trinajstić information content (AvgIpc) is 2.98. The van der Waals surface area contributed by atoms with E-state index in [1.165, 1.54) is 12.8 Å². The summed E-state index contributed by atoms with van der Waals surface area (Å²) in [7, 11) is 0. The molecule has 1 heterocycles. The predicted molar refractivity (Wildman–Crippen MR) is 78.5 cm³/mol. The number of aryl methyl sites for hydroxylation is 2. The van der Waals surface area contributed by atoms with Crippen LogP contribution in [-0.4, -0.2) is 21.0 Å². The van der Waals surface area contributed by atoms with Crippen LogP contribution >= 0.6 is 11.6 Å². The van der Waals surface area contributed by atoms with Crippen molar-refractivity contribution in [1.82, 2.24) is 9.78 Å². The van der Waals surface area contributed by atoms with Crippen molar-refractivity contribution in [2.75, 3.05) is 0 Å². The smallest absolute Gasteiger partial charge is 0.0848 e. The molecule has 19 heavy (non-hydrogen) atoms. The molecule has 3 nitrogen and oxygen atoms in total. The van der Waals surface area contributed by atoms with E-state index in [0.29, 0.717) is 12.3 Å². The minimum Gasteiger partial charge on any atom is -0.392 e. The summed E-state index contributed by atoms with van der Waals surface area (Å²) in [5, 5.41) is 15.6. The third-order valence-electron chi connectivity index (χ3n) is 4.56. The zero-order valence-corrected chi connectivity index (χ0v) is 13.0. The minimum absolute atomic E-state index is 0.282. The van der Waals surface area contributed by atoms with Gasteiger partial charge in [-0.3, -0.25) is 4.68 Å². The van der Waals surface area contributed by atoms with Gasteiger partial charge in [-0.2, -0.15) is 5.10 Å². The van der Waals surface area contributed by atoms with Gasteiger partial charge in [-0.25, -0.2) is 0 Å². The summed E-state index contributed by atoms with van der Waals surface area (Å²) in [4.78, 5) is 0. The first-order valence-corrected chi connectivity index (χ1v) is 7.84. The van der Waals surface area contributed by atoms with Gasteiger partial charge in [-0.1, -0.05) is 31.4 Å². The molecule has 1 aliphatic carbocycles. The zero-order chi connectivity index (χ0) is 14.0. The summed E-state index contributed by atoms with van der Waals surface area (Å²) in [6, 6.07) is 0. The Morgan fingerprint density at radius 3 is 2.74 bits per heavy atom. The number of halogens is 1.